The largest absolute Gasteiger partial charge is 0.416 e. The van der Waals surface area contributed by atoms with Crippen LogP contribution in [-0.4, -0.2) is 28.8 Å². The van der Waals surface area contributed by atoms with Gasteiger partial charge in [-0.2, -0.15) is 18.3 Å². The van der Waals surface area contributed by atoms with Crippen LogP contribution in [-0.2, 0) is 17.5 Å². The van der Waals surface area contributed by atoms with E-state index in [0.717, 1.165) is 43.4 Å². The van der Waals surface area contributed by atoms with Crippen molar-refractivity contribution >= 4 is 5.91 Å². The molecule has 1 amide bonds. The molecular formula is C20H25F3N4O. The van der Waals surface area contributed by atoms with Gasteiger partial charge in [0.05, 0.1) is 16.9 Å². The van der Waals surface area contributed by atoms with E-state index in [2.05, 4.69) is 15.7 Å². The summed E-state index contributed by atoms with van der Waals surface area (Å²) in [5.41, 5.74) is 1.14. The topological polar surface area (TPSA) is 59.0 Å². The molecule has 0 saturated carbocycles. The zero-order valence-electron chi connectivity index (χ0n) is 16.1. The molecular weight excluding hydrogens is 369 g/mol. The smallest absolute Gasteiger partial charge is 0.352 e. The molecule has 2 aromatic rings. The summed E-state index contributed by atoms with van der Waals surface area (Å²) in [6, 6.07) is 5.91. The predicted octanol–water partition coefficient (Wildman–Crippen LogP) is 3.51. The number of carbonyl (C=O) groups is 1. The highest BCUT2D eigenvalue weighted by atomic mass is 19.4. The maximum Gasteiger partial charge on any atom is 0.416 e. The highest BCUT2D eigenvalue weighted by molar-refractivity contribution is 5.75. The van der Waals surface area contributed by atoms with E-state index in [-0.39, 0.29) is 18.0 Å². The molecule has 5 nitrogen and oxygen atoms in total. The second-order valence-electron chi connectivity index (χ2n) is 7.35. The Kier molecular flexibility index (Phi) is 6.07. The Labute approximate surface area is 162 Å². The molecule has 3 rings (SSSR count). The van der Waals surface area contributed by atoms with Crippen LogP contribution in [0.5, 0.6) is 0 Å². The number of halogens is 3. The van der Waals surface area contributed by atoms with Crippen LogP contribution in [0, 0.1) is 19.8 Å². The van der Waals surface area contributed by atoms with Gasteiger partial charge >= 0.3 is 6.18 Å². The number of amides is 1. The third-order valence-corrected chi connectivity index (χ3v) is 5.07. The van der Waals surface area contributed by atoms with Crippen molar-refractivity contribution in [1.82, 2.24) is 20.4 Å². The van der Waals surface area contributed by atoms with E-state index in [1.54, 1.807) is 26.0 Å². The van der Waals surface area contributed by atoms with Crippen molar-refractivity contribution in [2.24, 2.45) is 5.92 Å². The molecule has 1 saturated heterocycles. The first-order chi connectivity index (χ1) is 13.2. The van der Waals surface area contributed by atoms with Gasteiger partial charge in [-0.05, 0) is 69.5 Å². The molecule has 1 aliphatic heterocycles. The average molecular weight is 394 g/mol. The summed E-state index contributed by atoms with van der Waals surface area (Å²) in [4.78, 5) is 12.0. The number of hydrogen-bond acceptors (Lipinski definition) is 3. The predicted molar refractivity (Wildman–Crippen MR) is 100 cm³/mol. The molecule has 0 radical (unpaired) electrons. The number of benzene rings is 1. The highest BCUT2D eigenvalue weighted by Crippen LogP contribution is 2.33. The quantitative estimate of drug-likeness (QED) is 0.788. The minimum absolute atomic E-state index is 0.0497. The molecule has 0 spiro atoms. The van der Waals surface area contributed by atoms with E-state index in [4.69, 9.17) is 0 Å². The molecule has 1 aromatic carbocycles. The van der Waals surface area contributed by atoms with Crippen LogP contribution in [0.3, 0.4) is 0 Å². The molecule has 2 heterocycles. The minimum atomic E-state index is -4.51. The van der Waals surface area contributed by atoms with Gasteiger partial charge in [0.2, 0.25) is 5.91 Å². The van der Waals surface area contributed by atoms with Gasteiger partial charge in [0, 0.05) is 18.7 Å². The van der Waals surface area contributed by atoms with Gasteiger partial charge in [-0.15, -0.1) is 0 Å². The van der Waals surface area contributed by atoms with Crippen LogP contribution in [0.15, 0.2) is 24.3 Å². The molecule has 1 unspecified atom stereocenters. The third-order valence-electron chi connectivity index (χ3n) is 5.07. The lowest BCUT2D eigenvalue weighted by Crippen LogP contribution is -2.25. The van der Waals surface area contributed by atoms with Gasteiger partial charge in [-0.1, -0.05) is 6.07 Å². The van der Waals surface area contributed by atoms with Crippen molar-refractivity contribution in [3.05, 3.63) is 46.8 Å². The molecule has 0 aliphatic carbocycles. The summed E-state index contributed by atoms with van der Waals surface area (Å²) >= 11 is 0. The highest BCUT2D eigenvalue weighted by Gasteiger charge is 2.34. The van der Waals surface area contributed by atoms with Crippen molar-refractivity contribution in [2.75, 3.05) is 13.1 Å². The Balaban J connectivity index is 1.71. The summed E-state index contributed by atoms with van der Waals surface area (Å²) in [5, 5.41) is 10.1. The van der Waals surface area contributed by atoms with E-state index < -0.39 is 11.7 Å². The lowest BCUT2D eigenvalue weighted by atomic mass is 10.0. The van der Waals surface area contributed by atoms with E-state index >= 15 is 0 Å². The van der Waals surface area contributed by atoms with Gasteiger partial charge in [0.15, 0.2) is 0 Å². The van der Waals surface area contributed by atoms with Crippen LogP contribution >= 0.6 is 0 Å². The Morgan fingerprint density at radius 2 is 2.11 bits per heavy atom. The zero-order valence-corrected chi connectivity index (χ0v) is 16.1. The number of nitrogens with zero attached hydrogens (tertiary/aromatic N) is 2. The van der Waals surface area contributed by atoms with Crippen molar-refractivity contribution in [3.8, 4) is 5.69 Å². The first-order valence-electron chi connectivity index (χ1n) is 9.45. The third kappa shape index (κ3) is 4.92. The molecule has 2 N–H and O–H groups in total. The lowest BCUT2D eigenvalue weighted by molar-refractivity contribution is -0.138. The van der Waals surface area contributed by atoms with Gasteiger partial charge in [-0.3, -0.25) is 4.79 Å². The average Bonchev–Trinajstić information content (AvgIpc) is 3.26. The fourth-order valence-corrected chi connectivity index (χ4v) is 3.58. The monoisotopic (exact) mass is 394 g/mol. The van der Waals surface area contributed by atoms with Crippen LogP contribution in [0.25, 0.3) is 5.69 Å². The van der Waals surface area contributed by atoms with Crippen molar-refractivity contribution in [3.63, 3.8) is 0 Å². The fourth-order valence-electron chi connectivity index (χ4n) is 3.58. The van der Waals surface area contributed by atoms with Crippen LogP contribution in [0.2, 0.25) is 0 Å². The number of carbonyl (C=O) groups excluding carboxylic acids is 1. The normalized spacial score (nSPS) is 17.1. The van der Waals surface area contributed by atoms with Crippen LogP contribution in [0.4, 0.5) is 13.2 Å². The van der Waals surface area contributed by atoms with Gasteiger partial charge in [-0.25, -0.2) is 4.68 Å². The summed E-state index contributed by atoms with van der Waals surface area (Å²) in [6.07, 6.45) is -2.39. The number of aryl methyl sites for hydroxylation is 2. The molecule has 8 heteroatoms. The molecule has 1 aromatic heterocycles. The van der Waals surface area contributed by atoms with Crippen LogP contribution in [0.1, 0.15) is 41.8 Å². The molecule has 1 atom stereocenters. The van der Waals surface area contributed by atoms with Crippen molar-refractivity contribution < 1.29 is 18.0 Å². The van der Waals surface area contributed by atoms with Gasteiger partial charge in [0.1, 0.15) is 0 Å². The summed E-state index contributed by atoms with van der Waals surface area (Å²) < 4.78 is 42.2. The standard InChI is InChI=1S/C20H25F3N4O/c1-13-9-14(2)27(26-13)17-5-4-16(18(10-17)20(21,22)23)12-25-19(28)6-3-15-7-8-24-11-15/h4-5,9-10,15,24H,3,6-8,11-12H2,1-2H3,(H,25,28). The Hall–Kier alpha value is -2.35. The van der Waals surface area contributed by atoms with Crippen molar-refractivity contribution in [1.29, 1.82) is 0 Å². The maximum atomic E-state index is 13.6. The molecule has 152 valence electrons. The lowest BCUT2D eigenvalue weighted by Gasteiger charge is -2.16. The summed E-state index contributed by atoms with van der Waals surface area (Å²) in [6.45, 7) is 5.30. The minimum Gasteiger partial charge on any atom is -0.352 e. The first-order valence-corrected chi connectivity index (χ1v) is 9.45. The van der Waals surface area contributed by atoms with E-state index in [0.29, 0.717) is 18.0 Å². The second kappa shape index (κ2) is 8.34. The second-order valence-corrected chi connectivity index (χ2v) is 7.35. The number of alkyl halides is 3. The first kappa shape index (κ1) is 20.4. The summed E-state index contributed by atoms with van der Waals surface area (Å²) in [7, 11) is 0. The Morgan fingerprint density at radius 1 is 1.32 bits per heavy atom. The summed E-state index contributed by atoms with van der Waals surface area (Å²) in [5.74, 6) is 0.249. The molecule has 1 fully saturated rings. The maximum absolute atomic E-state index is 13.6. The van der Waals surface area contributed by atoms with Crippen molar-refractivity contribution in [2.45, 2.75) is 45.8 Å². The van der Waals surface area contributed by atoms with E-state index in [1.807, 2.05) is 0 Å². The molecule has 0 bridgehead atoms. The number of aromatic nitrogens is 2. The fraction of sp³-hybridized carbons (Fsp3) is 0.500. The number of nitrogens with one attached hydrogen (secondary N) is 2. The van der Waals surface area contributed by atoms with E-state index in [1.165, 1.54) is 10.7 Å². The van der Waals surface area contributed by atoms with Gasteiger partial charge < -0.3 is 10.6 Å². The number of hydrogen-bond donors (Lipinski definition) is 2. The van der Waals surface area contributed by atoms with Crippen LogP contribution < -0.4 is 10.6 Å². The SMILES string of the molecule is Cc1cc(C)n(-c2ccc(CNC(=O)CCC3CCNC3)c(C(F)(F)F)c2)n1. The zero-order chi connectivity index (χ0) is 20.3. The molecule has 28 heavy (non-hydrogen) atoms. The van der Waals surface area contributed by atoms with E-state index in [9.17, 15) is 18.0 Å². The van der Waals surface area contributed by atoms with Gasteiger partial charge in [0.25, 0.3) is 0 Å². The Morgan fingerprint density at radius 3 is 2.71 bits per heavy atom. The number of rotatable bonds is 6. The molecule has 1 aliphatic rings. The Bertz CT molecular complexity index is 838.